The van der Waals surface area contributed by atoms with Gasteiger partial charge in [0.05, 0.1) is 19.4 Å². The molecule has 3 N–H and O–H groups in total. The van der Waals surface area contributed by atoms with Gasteiger partial charge in [-0.25, -0.2) is 4.39 Å². The van der Waals surface area contributed by atoms with Gasteiger partial charge in [0.2, 0.25) is 5.91 Å². The summed E-state index contributed by atoms with van der Waals surface area (Å²) in [6, 6.07) is 16.2. The Kier molecular flexibility index (Phi) is 12.5. The van der Waals surface area contributed by atoms with Crippen molar-refractivity contribution in [3.05, 3.63) is 112 Å². The standard InChI is InChI=1S/C19H17ClFN2O4P.C14H19ClNO3P/c1-23-11-16(15-10-13(20)4-7-17(15)23)18(28(25,26)27)19(24)22-9-8-12-2-5-14(21)6-3-12;1-4-18-20(17,19-5-2)10-11-9-16(3)14-7-6-12(15)8-13(11)14/h2-11,18H,1H3,(H,22,24)(H2,25,26,27);6-9H,4-5,10H2,1-3H3/b9-8+;. The number of carbonyl (C=O) groups is 1. The van der Waals surface area contributed by atoms with E-state index in [9.17, 15) is 28.1 Å². The van der Waals surface area contributed by atoms with Crippen molar-refractivity contribution in [1.29, 1.82) is 0 Å². The maximum Gasteiger partial charge on any atom is 0.342 e. The summed E-state index contributed by atoms with van der Waals surface area (Å²) < 4.78 is 52.0. The lowest BCUT2D eigenvalue weighted by atomic mass is 10.1. The number of nitrogens with one attached hydrogen (secondary N) is 1. The van der Waals surface area contributed by atoms with E-state index in [0.717, 1.165) is 16.5 Å². The molecule has 0 saturated carbocycles. The summed E-state index contributed by atoms with van der Waals surface area (Å²) in [5.41, 5.74) is 1.76. The predicted molar refractivity (Wildman–Crippen MR) is 189 cm³/mol. The van der Waals surface area contributed by atoms with Crippen molar-refractivity contribution in [2.24, 2.45) is 14.1 Å². The van der Waals surface area contributed by atoms with Gasteiger partial charge in [0, 0.05) is 70.1 Å². The number of aromatic nitrogens is 2. The monoisotopic (exact) mass is 737 g/mol. The molecular weight excluding hydrogens is 702 g/mol. The van der Waals surface area contributed by atoms with Crippen LogP contribution in [-0.2, 0) is 43.2 Å². The molecule has 0 bridgehead atoms. The van der Waals surface area contributed by atoms with Gasteiger partial charge in [-0.3, -0.25) is 13.9 Å². The van der Waals surface area contributed by atoms with Gasteiger partial charge < -0.3 is 33.3 Å². The van der Waals surface area contributed by atoms with E-state index in [1.54, 1.807) is 29.8 Å². The summed E-state index contributed by atoms with van der Waals surface area (Å²) in [7, 11) is -4.27. The zero-order valence-corrected chi connectivity index (χ0v) is 29.9. The molecule has 1 amide bonds. The highest BCUT2D eigenvalue weighted by Gasteiger charge is 2.39. The van der Waals surface area contributed by atoms with E-state index >= 15 is 0 Å². The number of rotatable bonds is 11. The first kappa shape index (κ1) is 37.6. The lowest BCUT2D eigenvalue weighted by Crippen LogP contribution is -2.25. The van der Waals surface area contributed by atoms with Gasteiger partial charge in [0.1, 0.15) is 5.82 Å². The number of nitrogens with zero attached hydrogens (tertiary/aromatic N) is 2. The molecule has 1 unspecified atom stereocenters. The van der Waals surface area contributed by atoms with E-state index in [-0.39, 0.29) is 11.7 Å². The first-order valence-electron chi connectivity index (χ1n) is 14.8. The number of hydrogen-bond donors (Lipinski definition) is 3. The van der Waals surface area contributed by atoms with E-state index in [0.29, 0.717) is 39.7 Å². The van der Waals surface area contributed by atoms with Crippen molar-refractivity contribution in [3.8, 4) is 0 Å². The number of halogens is 3. The number of carbonyl (C=O) groups excluding carboxylic acids is 1. The van der Waals surface area contributed by atoms with Gasteiger partial charge in [-0.2, -0.15) is 0 Å². The molecule has 256 valence electrons. The second-order valence-electron chi connectivity index (χ2n) is 10.8. The number of fused-ring (bicyclic) bond motifs is 2. The largest absolute Gasteiger partial charge is 0.350 e. The summed E-state index contributed by atoms with van der Waals surface area (Å²) >= 11 is 12.1. The quantitative estimate of drug-likeness (QED) is 0.116. The maximum atomic E-state index is 12.9. The van der Waals surface area contributed by atoms with Crippen LogP contribution >= 0.6 is 38.4 Å². The Morgan fingerprint density at radius 3 is 2.00 bits per heavy atom. The first-order valence-corrected chi connectivity index (χ1v) is 19.0. The minimum atomic E-state index is -4.83. The number of amides is 1. The van der Waals surface area contributed by atoms with Crippen LogP contribution in [0.5, 0.6) is 0 Å². The van der Waals surface area contributed by atoms with Gasteiger partial charge in [-0.15, -0.1) is 0 Å². The van der Waals surface area contributed by atoms with Crippen LogP contribution in [0.2, 0.25) is 10.0 Å². The Morgan fingerprint density at radius 1 is 0.896 bits per heavy atom. The molecule has 5 aromatic rings. The van der Waals surface area contributed by atoms with Crippen LogP contribution in [0.4, 0.5) is 4.39 Å². The summed E-state index contributed by atoms with van der Waals surface area (Å²) in [4.78, 5) is 32.3. The molecule has 0 saturated heterocycles. The third-order valence-electron chi connectivity index (χ3n) is 7.28. The Hall–Kier alpha value is -3.24. The Balaban J connectivity index is 0.000000229. The fraction of sp³-hybridized carbons (Fsp3) is 0.242. The second kappa shape index (κ2) is 16.0. The molecule has 0 radical (unpaired) electrons. The van der Waals surface area contributed by atoms with Crippen molar-refractivity contribution in [1.82, 2.24) is 14.5 Å². The van der Waals surface area contributed by atoms with Gasteiger partial charge in [-0.1, -0.05) is 35.3 Å². The molecule has 15 heteroatoms. The molecular formula is C33H36Cl2FN3O7P2. The molecule has 0 aliphatic carbocycles. The third kappa shape index (κ3) is 9.26. The minimum Gasteiger partial charge on any atom is -0.350 e. The van der Waals surface area contributed by atoms with Gasteiger partial charge in [-0.05, 0) is 79.6 Å². The Morgan fingerprint density at radius 2 is 1.44 bits per heavy atom. The topological polar surface area (TPSA) is 132 Å². The molecule has 2 aromatic heterocycles. The molecule has 48 heavy (non-hydrogen) atoms. The Labute approximate surface area is 287 Å². The fourth-order valence-corrected chi connectivity index (χ4v) is 8.27. The van der Waals surface area contributed by atoms with Crippen molar-refractivity contribution in [3.63, 3.8) is 0 Å². The molecule has 0 spiro atoms. The van der Waals surface area contributed by atoms with Crippen LogP contribution in [0.3, 0.4) is 0 Å². The summed E-state index contributed by atoms with van der Waals surface area (Å²) in [5.74, 6) is -1.25. The average Bonchev–Trinajstić information content (AvgIpc) is 3.48. The summed E-state index contributed by atoms with van der Waals surface area (Å²) in [5, 5.41) is 4.91. The van der Waals surface area contributed by atoms with Crippen LogP contribution in [0.1, 0.15) is 36.2 Å². The van der Waals surface area contributed by atoms with Gasteiger partial charge in [0.15, 0.2) is 5.66 Å². The minimum absolute atomic E-state index is 0.181. The van der Waals surface area contributed by atoms with Crippen LogP contribution in [-0.4, -0.2) is 38.0 Å². The van der Waals surface area contributed by atoms with Gasteiger partial charge in [0.25, 0.3) is 0 Å². The fourth-order valence-electron chi connectivity index (χ4n) is 5.26. The van der Waals surface area contributed by atoms with Gasteiger partial charge >= 0.3 is 15.2 Å². The van der Waals surface area contributed by atoms with E-state index in [1.165, 1.54) is 42.7 Å². The van der Waals surface area contributed by atoms with Crippen molar-refractivity contribution >= 4 is 72.2 Å². The average molecular weight is 739 g/mol. The van der Waals surface area contributed by atoms with Crippen molar-refractivity contribution in [2.75, 3.05) is 13.2 Å². The van der Waals surface area contributed by atoms with Crippen LogP contribution < -0.4 is 5.32 Å². The molecule has 0 fully saturated rings. The SMILES string of the molecule is CCOP(=O)(Cc1cn(C)c2ccc(Cl)cc12)OCC.Cn1cc(C(C(=O)N/C=C/c2ccc(F)cc2)P(=O)(O)O)c2cc(Cl)ccc21. The van der Waals surface area contributed by atoms with E-state index in [4.69, 9.17) is 32.2 Å². The zero-order chi connectivity index (χ0) is 35.2. The zero-order valence-electron chi connectivity index (χ0n) is 26.6. The van der Waals surface area contributed by atoms with Crippen molar-refractivity contribution in [2.45, 2.75) is 25.7 Å². The lowest BCUT2D eigenvalue weighted by molar-refractivity contribution is -0.120. The smallest absolute Gasteiger partial charge is 0.342 e. The molecule has 0 aliphatic heterocycles. The van der Waals surface area contributed by atoms with E-state index < -0.39 is 32.6 Å². The highest BCUT2D eigenvalue weighted by molar-refractivity contribution is 7.53. The van der Waals surface area contributed by atoms with Crippen LogP contribution in [0.25, 0.3) is 27.9 Å². The van der Waals surface area contributed by atoms with Crippen LogP contribution in [0.15, 0.2) is 79.3 Å². The van der Waals surface area contributed by atoms with E-state index in [1.807, 2.05) is 49.9 Å². The van der Waals surface area contributed by atoms with Crippen LogP contribution in [0, 0.1) is 5.82 Å². The molecule has 0 aliphatic rings. The molecule has 1 atom stereocenters. The number of hydrogen-bond acceptors (Lipinski definition) is 5. The molecule has 2 heterocycles. The predicted octanol–water partition coefficient (Wildman–Crippen LogP) is 8.57. The summed E-state index contributed by atoms with van der Waals surface area (Å²) in [6.45, 7) is 4.35. The summed E-state index contributed by atoms with van der Waals surface area (Å²) in [6.07, 6.45) is 6.47. The first-order chi connectivity index (χ1) is 22.7. The number of benzene rings is 3. The third-order valence-corrected chi connectivity index (χ3v) is 11.0. The molecule has 10 nitrogen and oxygen atoms in total. The number of aryl methyl sites for hydroxylation is 2. The maximum absolute atomic E-state index is 12.9. The Bertz CT molecular complexity index is 2030. The molecule has 3 aromatic carbocycles. The normalized spacial score (nSPS) is 12.8. The van der Waals surface area contributed by atoms with Crippen molar-refractivity contribution < 1.29 is 37.1 Å². The van der Waals surface area contributed by atoms with E-state index in [2.05, 4.69) is 5.32 Å². The lowest BCUT2D eigenvalue weighted by Gasteiger charge is -2.16. The second-order valence-corrected chi connectivity index (χ2v) is 15.4. The molecule has 5 rings (SSSR count). The highest BCUT2D eigenvalue weighted by Crippen LogP contribution is 2.54. The highest BCUT2D eigenvalue weighted by atomic mass is 35.5.